The molecule has 8 heteroatoms. The van der Waals surface area contributed by atoms with Crippen LogP contribution in [0.15, 0.2) is 30.3 Å². The Hall–Kier alpha value is -4.46. The third kappa shape index (κ3) is 5.34. The summed E-state index contributed by atoms with van der Waals surface area (Å²) in [5.74, 6) is -0.527. The zero-order chi connectivity index (χ0) is 28.6. The highest BCUT2D eigenvalue weighted by atomic mass is 16.5. The maximum Gasteiger partial charge on any atom is 0.305 e. The molecule has 0 aromatic carbocycles. The number of ether oxygens (including phenoxy) is 2. The number of H-pyrrole nitrogens is 2. The summed E-state index contributed by atoms with van der Waals surface area (Å²) in [4.78, 5) is 41.1. The lowest BCUT2D eigenvalue weighted by molar-refractivity contribution is -0.141. The molecule has 0 saturated carbocycles. The van der Waals surface area contributed by atoms with E-state index in [1.807, 2.05) is 19.1 Å². The summed E-state index contributed by atoms with van der Waals surface area (Å²) < 4.78 is 9.83. The van der Waals surface area contributed by atoms with Gasteiger partial charge in [-0.05, 0) is 110 Å². The molecule has 0 radical (unpaired) electrons. The summed E-state index contributed by atoms with van der Waals surface area (Å²) in [6.45, 7) is 8.22. The molecule has 5 heterocycles. The highest BCUT2D eigenvalue weighted by molar-refractivity contribution is 5.94. The Balaban J connectivity index is 1.82. The summed E-state index contributed by atoms with van der Waals surface area (Å²) in [6, 6.07) is 10.3. The van der Waals surface area contributed by atoms with Crippen LogP contribution >= 0.6 is 0 Å². The number of rotatable bonds is 6. The van der Waals surface area contributed by atoms with Crippen molar-refractivity contribution in [3.8, 4) is 0 Å². The third-order valence-electron chi connectivity index (χ3n) is 7.69. The number of methoxy groups -OCH3 is 2. The second kappa shape index (κ2) is 11.0. The highest BCUT2D eigenvalue weighted by Gasteiger charge is 2.20. The van der Waals surface area contributed by atoms with Crippen molar-refractivity contribution in [2.24, 2.45) is 0 Å². The van der Waals surface area contributed by atoms with Crippen LogP contribution in [0.1, 0.15) is 72.6 Å². The Morgan fingerprint density at radius 1 is 0.750 bits per heavy atom. The second-order valence-electron chi connectivity index (χ2n) is 10.3. The number of fused-ring (bicyclic) bond motifs is 8. The molecule has 5 rings (SSSR count). The topological polar surface area (TPSA) is 110 Å². The fourth-order valence-corrected chi connectivity index (χ4v) is 5.30. The number of esters is 2. The van der Waals surface area contributed by atoms with Gasteiger partial charge in [-0.15, -0.1) is 0 Å². The van der Waals surface area contributed by atoms with Crippen LogP contribution in [-0.2, 0) is 25.5 Å². The summed E-state index contributed by atoms with van der Waals surface area (Å²) in [7, 11) is 2.80. The van der Waals surface area contributed by atoms with Crippen LogP contribution < -0.4 is 0 Å². The lowest BCUT2D eigenvalue weighted by Gasteiger charge is -2.04. The number of nitrogens with one attached hydrogen (secondary N) is 2. The van der Waals surface area contributed by atoms with Crippen LogP contribution in [0.25, 0.3) is 44.9 Å². The number of allylic oxidation sites excluding steroid dienone is 3. The van der Waals surface area contributed by atoms with Crippen LogP contribution in [0.5, 0.6) is 0 Å². The minimum atomic E-state index is -0.268. The van der Waals surface area contributed by atoms with Crippen LogP contribution in [0, 0.1) is 13.8 Å². The van der Waals surface area contributed by atoms with Gasteiger partial charge in [0, 0.05) is 34.9 Å². The van der Waals surface area contributed by atoms with Crippen LogP contribution in [0.3, 0.4) is 0 Å². The Labute approximate surface area is 233 Å². The summed E-state index contributed by atoms with van der Waals surface area (Å²) in [6.07, 6.45) is 3.60. The lowest BCUT2D eigenvalue weighted by Crippen LogP contribution is -2.02. The Bertz CT molecular complexity index is 1750. The third-order valence-corrected chi connectivity index (χ3v) is 7.69. The molecule has 0 aliphatic carbocycles. The second-order valence-corrected chi connectivity index (χ2v) is 10.3. The number of aromatic nitrogens is 4. The molecule has 0 amide bonds. The molecule has 8 bridgehead atoms. The van der Waals surface area contributed by atoms with Crippen molar-refractivity contribution in [1.82, 2.24) is 19.9 Å². The molecular weight excluding hydrogens is 504 g/mol. The maximum atomic E-state index is 12.1. The van der Waals surface area contributed by atoms with Gasteiger partial charge in [0.1, 0.15) is 0 Å². The van der Waals surface area contributed by atoms with E-state index in [-0.39, 0.29) is 24.8 Å². The van der Waals surface area contributed by atoms with Crippen molar-refractivity contribution in [1.29, 1.82) is 0 Å². The van der Waals surface area contributed by atoms with Crippen molar-refractivity contribution < 1.29 is 19.1 Å². The first kappa shape index (κ1) is 27.1. The van der Waals surface area contributed by atoms with Crippen molar-refractivity contribution in [3.05, 3.63) is 69.8 Å². The smallest absolute Gasteiger partial charge is 0.305 e. The van der Waals surface area contributed by atoms with Crippen LogP contribution in [0.4, 0.5) is 0 Å². The van der Waals surface area contributed by atoms with E-state index < -0.39 is 0 Å². The number of carbonyl (C=O) groups excluding carboxylic acids is 2. The van der Waals surface area contributed by atoms with Crippen molar-refractivity contribution in [2.75, 3.05) is 14.2 Å². The summed E-state index contributed by atoms with van der Waals surface area (Å²) >= 11 is 0. The first-order valence-electron chi connectivity index (χ1n) is 13.4. The molecule has 0 saturated heterocycles. The molecule has 0 unspecified atom stereocenters. The average molecular weight is 539 g/mol. The van der Waals surface area contributed by atoms with E-state index in [4.69, 9.17) is 19.4 Å². The molecular formula is C32H34N4O4. The minimum Gasteiger partial charge on any atom is -0.469 e. The Morgan fingerprint density at radius 3 is 2.20 bits per heavy atom. The van der Waals surface area contributed by atoms with Crippen LogP contribution in [-0.4, -0.2) is 46.1 Å². The van der Waals surface area contributed by atoms with E-state index in [1.165, 1.54) is 14.2 Å². The molecule has 2 N–H and O–H groups in total. The van der Waals surface area contributed by atoms with Gasteiger partial charge in [0.2, 0.25) is 0 Å². The van der Waals surface area contributed by atoms with Crippen molar-refractivity contribution in [3.63, 3.8) is 0 Å². The van der Waals surface area contributed by atoms with Gasteiger partial charge in [0.05, 0.1) is 37.0 Å². The maximum absolute atomic E-state index is 12.1. The molecule has 0 fully saturated rings. The van der Waals surface area contributed by atoms with Crippen molar-refractivity contribution >= 4 is 56.8 Å². The summed E-state index contributed by atoms with van der Waals surface area (Å²) in [5.41, 5.74) is 13.4. The summed E-state index contributed by atoms with van der Waals surface area (Å²) in [5, 5.41) is 0. The standard InChI is InChI=1S/C32H34N4O4/c1-17-11-22-14-27-19(3)23(7-9-31(37)39-5)29(35-27)16-30-24(8-10-32(38)40-6)20(4)28(36-30)15-26-18(2)12-21(34-26)13-25(17)33-22/h11-16,34,36H,7-10H2,1-6H3. The molecule has 8 nitrogen and oxygen atoms in total. The average Bonchev–Trinajstić information content (AvgIpc) is 3.62. The zero-order valence-electron chi connectivity index (χ0n) is 23.8. The number of aryl methyl sites for hydroxylation is 3. The Morgan fingerprint density at radius 2 is 1.48 bits per heavy atom. The Kier molecular flexibility index (Phi) is 7.43. The quantitative estimate of drug-likeness (QED) is 0.348. The van der Waals surface area contributed by atoms with Gasteiger partial charge < -0.3 is 19.4 Å². The number of nitrogens with zero attached hydrogens (tertiary/aromatic N) is 2. The number of aromatic amines is 2. The monoisotopic (exact) mass is 538 g/mol. The normalized spacial score (nSPS) is 12.9. The SMILES string of the molecule is COC(=O)CCC1=C(C)c2cc3nc(cc4cc(C)c(cc5[nH]c(cc1n2)c(CCC(=O)OC)c5C)[nH]4)C(C)=C3. The van der Waals surface area contributed by atoms with Gasteiger partial charge in [-0.3, -0.25) is 9.59 Å². The first-order chi connectivity index (χ1) is 19.2. The first-order valence-corrected chi connectivity index (χ1v) is 13.4. The highest BCUT2D eigenvalue weighted by Crippen LogP contribution is 2.35. The fourth-order valence-electron chi connectivity index (χ4n) is 5.30. The molecule has 0 atom stereocenters. The van der Waals surface area contributed by atoms with Gasteiger partial charge in [0.25, 0.3) is 0 Å². The lowest BCUT2D eigenvalue weighted by atomic mass is 10.0. The molecule has 206 valence electrons. The van der Waals surface area contributed by atoms with E-state index in [1.54, 1.807) is 0 Å². The van der Waals surface area contributed by atoms with Crippen LogP contribution in [0.2, 0.25) is 0 Å². The van der Waals surface area contributed by atoms with Gasteiger partial charge in [-0.1, -0.05) is 0 Å². The largest absolute Gasteiger partial charge is 0.469 e. The number of hydrogen-bond donors (Lipinski definition) is 2. The molecule has 0 spiro atoms. The number of carbonyl (C=O) groups is 2. The van der Waals surface area contributed by atoms with E-state index in [0.717, 1.165) is 78.3 Å². The van der Waals surface area contributed by atoms with Crippen molar-refractivity contribution in [2.45, 2.75) is 53.4 Å². The number of hydrogen-bond acceptors (Lipinski definition) is 6. The van der Waals surface area contributed by atoms with E-state index >= 15 is 0 Å². The molecule has 3 aromatic heterocycles. The van der Waals surface area contributed by atoms with E-state index in [9.17, 15) is 9.59 Å². The molecule has 3 aromatic rings. The van der Waals surface area contributed by atoms with Gasteiger partial charge in [-0.25, -0.2) is 9.97 Å². The fraction of sp³-hybridized carbons (Fsp3) is 0.312. The molecule has 2 aliphatic heterocycles. The van der Waals surface area contributed by atoms with E-state index in [2.05, 4.69) is 55.0 Å². The minimum absolute atomic E-state index is 0.252. The molecule has 2 aliphatic rings. The van der Waals surface area contributed by atoms with Gasteiger partial charge in [-0.2, -0.15) is 0 Å². The van der Waals surface area contributed by atoms with Gasteiger partial charge in [0.15, 0.2) is 0 Å². The van der Waals surface area contributed by atoms with E-state index in [0.29, 0.717) is 12.8 Å². The van der Waals surface area contributed by atoms with Gasteiger partial charge >= 0.3 is 11.9 Å². The zero-order valence-corrected chi connectivity index (χ0v) is 23.8. The predicted molar refractivity (Wildman–Crippen MR) is 158 cm³/mol. The molecule has 40 heavy (non-hydrogen) atoms. The predicted octanol–water partition coefficient (Wildman–Crippen LogP) is 6.48.